The fraction of sp³-hybridized carbons (Fsp3) is 0.250. The molecule has 0 aliphatic heterocycles. The number of hydrogen-bond acceptors (Lipinski definition) is 4. The first-order valence-corrected chi connectivity index (χ1v) is 5.18. The number of thioether (sulfide) groups is 1. The molecule has 4 nitrogen and oxygen atoms in total. The van der Waals surface area contributed by atoms with E-state index in [1.165, 1.54) is 18.0 Å². The van der Waals surface area contributed by atoms with E-state index in [1.54, 1.807) is 19.1 Å². The molecule has 1 atom stereocenters. The molecule has 76 valence electrons. The zero-order valence-corrected chi connectivity index (χ0v) is 9.10. The van der Waals surface area contributed by atoms with Crippen molar-refractivity contribution in [3.63, 3.8) is 0 Å². The number of hydrazine groups is 1. The summed E-state index contributed by atoms with van der Waals surface area (Å²) in [5.74, 6) is 4.77. The predicted molar refractivity (Wildman–Crippen MR) is 56.9 cm³/mol. The van der Waals surface area contributed by atoms with Crippen LogP contribution in [0.4, 0.5) is 0 Å². The average Bonchev–Trinajstić information content (AvgIpc) is 2.20. The van der Waals surface area contributed by atoms with Gasteiger partial charge in [-0.05, 0) is 19.1 Å². The van der Waals surface area contributed by atoms with E-state index < -0.39 is 0 Å². The molecule has 0 aliphatic carbocycles. The number of hydrogen-bond donors (Lipinski definition) is 2. The maximum Gasteiger partial charge on any atom is 0.247 e. The molecular formula is C8H10ClN3OS. The van der Waals surface area contributed by atoms with Crippen molar-refractivity contribution in [1.29, 1.82) is 0 Å². The molecule has 0 bridgehead atoms. The standard InChI is InChI=1S/C8H10ClN3OS/c1-5(8(13)12-10)14-7-3-2-6(9)4-11-7/h2-5H,10H2,1H3,(H,12,13). The molecule has 0 aromatic carbocycles. The fourth-order valence-corrected chi connectivity index (χ4v) is 1.69. The van der Waals surface area contributed by atoms with Crippen LogP contribution in [0.15, 0.2) is 23.4 Å². The van der Waals surface area contributed by atoms with Gasteiger partial charge in [0.05, 0.1) is 15.3 Å². The van der Waals surface area contributed by atoms with E-state index in [0.29, 0.717) is 5.02 Å². The summed E-state index contributed by atoms with van der Waals surface area (Å²) < 4.78 is 0. The van der Waals surface area contributed by atoms with Crippen LogP contribution in [0.2, 0.25) is 5.02 Å². The quantitative estimate of drug-likeness (QED) is 0.355. The topological polar surface area (TPSA) is 68.0 Å². The lowest BCUT2D eigenvalue weighted by Gasteiger charge is -2.07. The number of carbonyl (C=O) groups is 1. The molecule has 6 heteroatoms. The first-order chi connectivity index (χ1) is 6.63. The maximum atomic E-state index is 11.1. The summed E-state index contributed by atoms with van der Waals surface area (Å²) >= 11 is 6.99. The summed E-state index contributed by atoms with van der Waals surface area (Å²) in [4.78, 5) is 15.1. The lowest BCUT2D eigenvalue weighted by Crippen LogP contribution is -2.36. The fourth-order valence-electron chi connectivity index (χ4n) is 0.784. The Labute approximate surface area is 91.2 Å². The van der Waals surface area contributed by atoms with Crippen LogP contribution >= 0.6 is 23.4 Å². The van der Waals surface area contributed by atoms with Gasteiger partial charge in [-0.15, -0.1) is 0 Å². The Hall–Kier alpha value is -0.780. The third-order valence-corrected chi connectivity index (χ3v) is 2.78. The summed E-state index contributed by atoms with van der Waals surface area (Å²) in [6, 6.07) is 3.48. The number of rotatable bonds is 3. The van der Waals surface area contributed by atoms with E-state index in [4.69, 9.17) is 17.4 Å². The average molecular weight is 232 g/mol. The number of aromatic nitrogens is 1. The Morgan fingerprint density at radius 1 is 1.71 bits per heavy atom. The Balaban J connectivity index is 2.60. The van der Waals surface area contributed by atoms with Gasteiger partial charge in [0.2, 0.25) is 5.91 Å². The summed E-state index contributed by atoms with van der Waals surface area (Å²) in [6.45, 7) is 1.75. The molecule has 0 spiro atoms. The minimum Gasteiger partial charge on any atom is -0.293 e. The second-order valence-electron chi connectivity index (χ2n) is 2.58. The molecule has 1 rings (SSSR count). The molecule has 0 aliphatic rings. The highest BCUT2D eigenvalue weighted by Crippen LogP contribution is 2.21. The van der Waals surface area contributed by atoms with Gasteiger partial charge in [0.25, 0.3) is 0 Å². The summed E-state index contributed by atoms with van der Waals surface area (Å²) in [5.41, 5.74) is 2.08. The number of amides is 1. The number of nitrogens with two attached hydrogens (primary N) is 1. The van der Waals surface area contributed by atoms with Gasteiger partial charge in [0, 0.05) is 6.20 Å². The lowest BCUT2D eigenvalue weighted by molar-refractivity contribution is -0.120. The maximum absolute atomic E-state index is 11.1. The Bertz CT molecular complexity index is 317. The molecule has 0 saturated carbocycles. The Morgan fingerprint density at radius 2 is 2.43 bits per heavy atom. The van der Waals surface area contributed by atoms with Gasteiger partial charge in [0.1, 0.15) is 0 Å². The van der Waals surface area contributed by atoms with Crippen molar-refractivity contribution < 1.29 is 4.79 Å². The van der Waals surface area contributed by atoms with E-state index in [-0.39, 0.29) is 11.2 Å². The summed E-state index contributed by atoms with van der Waals surface area (Å²) in [5, 5.41) is 1.05. The first-order valence-electron chi connectivity index (χ1n) is 3.92. The van der Waals surface area contributed by atoms with Gasteiger partial charge in [-0.25, -0.2) is 10.8 Å². The summed E-state index contributed by atoms with van der Waals surface area (Å²) in [6.07, 6.45) is 1.54. The number of nitrogens with one attached hydrogen (secondary N) is 1. The number of carbonyl (C=O) groups excluding carboxylic acids is 1. The van der Waals surface area contributed by atoms with Gasteiger partial charge in [0.15, 0.2) is 0 Å². The summed E-state index contributed by atoms with van der Waals surface area (Å²) in [7, 11) is 0. The number of nitrogens with zero attached hydrogens (tertiary/aromatic N) is 1. The van der Waals surface area contributed by atoms with Gasteiger partial charge in [-0.1, -0.05) is 23.4 Å². The molecule has 1 heterocycles. The zero-order valence-electron chi connectivity index (χ0n) is 7.53. The van der Waals surface area contributed by atoms with E-state index >= 15 is 0 Å². The molecule has 1 amide bonds. The largest absolute Gasteiger partial charge is 0.293 e. The minimum atomic E-state index is -0.270. The Kier molecular flexibility index (Phi) is 4.19. The van der Waals surface area contributed by atoms with Crippen molar-refractivity contribution in [2.45, 2.75) is 17.2 Å². The smallest absolute Gasteiger partial charge is 0.247 e. The molecule has 1 unspecified atom stereocenters. The van der Waals surface area contributed by atoms with Crippen LogP contribution in [0.25, 0.3) is 0 Å². The van der Waals surface area contributed by atoms with E-state index in [2.05, 4.69) is 10.4 Å². The van der Waals surface area contributed by atoms with Crippen molar-refractivity contribution in [1.82, 2.24) is 10.4 Å². The first kappa shape index (κ1) is 11.3. The zero-order chi connectivity index (χ0) is 10.6. The predicted octanol–water partition coefficient (Wildman–Crippen LogP) is 1.21. The Morgan fingerprint density at radius 3 is 2.93 bits per heavy atom. The molecular weight excluding hydrogens is 222 g/mol. The van der Waals surface area contributed by atoms with Crippen LogP contribution in [0.1, 0.15) is 6.92 Å². The number of pyridine rings is 1. The van der Waals surface area contributed by atoms with Crippen LogP contribution in [0, 0.1) is 0 Å². The third-order valence-electron chi connectivity index (χ3n) is 1.51. The molecule has 0 saturated heterocycles. The highest BCUT2D eigenvalue weighted by molar-refractivity contribution is 8.00. The molecule has 14 heavy (non-hydrogen) atoms. The third kappa shape index (κ3) is 3.17. The molecule has 0 fully saturated rings. The van der Waals surface area contributed by atoms with Crippen molar-refractivity contribution in [3.05, 3.63) is 23.4 Å². The van der Waals surface area contributed by atoms with Crippen LogP contribution in [-0.2, 0) is 4.79 Å². The van der Waals surface area contributed by atoms with E-state index in [1.807, 2.05) is 0 Å². The van der Waals surface area contributed by atoms with Gasteiger partial charge in [-0.3, -0.25) is 10.2 Å². The van der Waals surface area contributed by atoms with Crippen molar-refractivity contribution in [2.24, 2.45) is 5.84 Å². The van der Waals surface area contributed by atoms with E-state index in [0.717, 1.165) is 5.03 Å². The van der Waals surface area contributed by atoms with Gasteiger partial charge >= 0.3 is 0 Å². The van der Waals surface area contributed by atoms with Crippen LogP contribution in [0.5, 0.6) is 0 Å². The highest BCUT2D eigenvalue weighted by Gasteiger charge is 2.13. The van der Waals surface area contributed by atoms with Crippen LogP contribution in [-0.4, -0.2) is 16.1 Å². The van der Waals surface area contributed by atoms with Crippen LogP contribution < -0.4 is 11.3 Å². The highest BCUT2D eigenvalue weighted by atomic mass is 35.5. The molecule has 3 N–H and O–H groups in total. The lowest BCUT2D eigenvalue weighted by atomic mass is 10.5. The number of halogens is 1. The monoisotopic (exact) mass is 231 g/mol. The molecule has 1 aromatic heterocycles. The van der Waals surface area contributed by atoms with Gasteiger partial charge in [-0.2, -0.15) is 0 Å². The second-order valence-corrected chi connectivity index (χ2v) is 4.38. The van der Waals surface area contributed by atoms with Gasteiger partial charge < -0.3 is 0 Å². The molecule has 1 aromatic rings. The van der Waals surface area contributed by atoms with E-state index in [9.17, 15) is 4.79 Å². The minimum absolute atomic E-state index is 0.230. The SMILES string of the molecule is CC(Sc1ccc(Cl)cn1)C(=O)NN. The second kappa shape index (κ2) is 5.19. The van der Waals surface area contributed by atoms with Crippen molar-refractivity contribution in [3.8, 4) is 0 Å². The van der Waals surface area contributed by atoms with Crippen molar-refractivity contribution in [2.75, 3.05) is 0 Å². The normalized spacial score (nSPS) is 12.2. The molecule has 0 radical (unpaired) electrons. The van der Waals surface area contributed by atoms with Crippen LogP contribution in [0.3, 0.4) is 0 Å². The van der Waals surface area contributed by atoms with Crippen molar-refractivity contribution >= 4 is 29.3 Å².